The van der Waals surface area contributed by atoms with Gasteiger partial charge in [0.25, 0.3) is 0 Å². The summed E-state index contributed by atoms with van der Waals surface area (Å²) in [5, 5.41) is 2.08. The predicted molar refractivity (Wildman–Crippen MR) is 132 cm³/mol. The van der Waals surface area contributed by atoms with Gasteiger partial charge in [-0.3, -0.25) is 9.59 Å². The van der Waals surface area contributed by atoms with E-state index in [1.165, 1.54) is 10.4 Å². The minimum atomic E-state index is -0.174. The third kappa shape index (κ3) is 6.36. The molecular weight excluding hydrogens is 436 g/mol. The molecule has 7 heteroatoms. The fraction of sp³-hybridized carbons (Fsp3) is 0.538. The SMILES string of the molecule is COCCN(CC(=O)N1CCc2sccc2C1COc1ccc(C(C)C)cc1)C(=O)C(C)C. The minimum Gasteiger partial charge on any atom is -0.491 e. The van der Waals surface area contributed by atoms with Crippen molar-refractivity contribution in [3.05, 3.63) is 51.7 Å². The second-order valence-corrected chi connectivity index (χ2v) is 10.1. The zero-order chi connectivity index (χ0) is 24.0. The van der Waals surface area contributed by atoms with Gasteiger partial charge in [0.15, 0.2) is 0 Å². The molecule has 1 atom stereocenters. The van der Waals surface area contributed by atoms with Gasteiger partial charge < -0.3 is 19.3 Å². The van der Waals surface area contributed by atoms with Crippen LogP contribution in [-0.2, 0) is 20.7 Å². The van der Waals surface area contributed by atoms with Crippen molar-refractivity contribution in [1.29, 1.82) is 0 Å². The maximum Gasteiger partial charge on any atom is 0.242 e. The van der Waals surface area contributed by atoms with E-state index in [4.69, 9.17) is 9.47 Å². The van der Waals surface area contributed by atoms with Crippen molar-refractivity contribution in [3.63, 3.8) is 0 Å². The quantitative estimate of drug-likeness (QED) is 0.511. The summed E-state index contributed by atoms with van der Waals surface area (Å²) in [5.74, 6) is 0.999. The molecule has 0 N–H and O–H groups in total. The first-order valence-electron chi connectivity index (χ1n) is 11.7. The van der Waals surface area contributed by atoms with Crippen LogP contribution in [-0.4, -0.2) is 61.6 Å². The van der Waals surface area contributed by atoms with Gasteiger partial charge in [0, 0.05) is 31.0 Å². The fourth-order valence-electron chi connectivity index (χ4n) is 4.09. The number of nitrogens with zero attached hydrogens (tertiary/aromatic N) is 2. The summed E-state index contributed by atoms with van der Waals surface area (Å²) in [5.41, 5.74) is 2.42. The first-order chi connectivity index (χ1) is 15.8. The Bertz CT molecular complexity index is 923. The second-order valence-electron chi connectivity index (χ2n) is 9.09. The minimum absolute atomic E-state index is 0.0355. The summed E-state index contributed by atoms with van der Waals surface area (Å²) in [6.07, 6.45) is 0.828. The molecule has 0 aliphatic carbocycles. The van der Waals surface area contributed by atoms with Gasteiger partial charge in [0.05, 0.1) is 19.2 Å². The topological polar surface area (TPSA) is 59.1 Å². The van der Waals surface area contributed by atoms with E-state index in [2.05, 4.69) is 37.4 Å². The van der Waals surface area contributed by atoms with Crippen LogP contribution < -0.4 is 4.74 Å². The van der Waals surface area contributed by atoms with Gasteiger partial charge in [-0.1, -0.05) is 39.8 Å². The molecule has 1 aliphatic rings. The molecule has 0 saturated heterocycles. The monoisotopic (exact) mass is 472 g/mol. The molecule has 2 aromatic rings. The fourth-order valence-corrected chi connectivity index (χ4v) is 5.01. The molecule has 33 heavy (non-hydrogen) atoms. The summed E-state index contributed by atoms with van der Waals surface area (Å²) in [4.78, 5) is 30.9. The number of carbonyl (C=O) groups is 2. The smallest absolute Gasteiger partial charge is 0.242 e. The first-order valence-corrected chi connectivity index (χ1v) is 12.6. The molecule has 2 amide bonds. The van der Waals surface area contributed by atoms with E-state index in [-0.39, 0.29) is 30.3 Å². The van der Waals surface area contributed by atoms with Crippen LogP contribution in [0.2, 0.25) is 0 Å². The molecule has 1 aromatic carbocycles. The Morgan fingerprint density at radius 2 is 1.88 bits per heavy atom. The molecule has 180 valence electrons. The molecule has 1 aromatic heterocycles. The third-order valence-corrected chi connectivity index (χ3v) is 7.06. The zero-order valence-corrected chi connectivity index (χ0v) is 21.2. The van der Waals surface area contributed by atoms with Crippen molar-refractivity contribution in [2.24, 2.45) is 5.92 Å². The van der Waals surface area contributed by atoms with Crippen molar-refractivity contribution in [2.45, 2.75) is 46.1 Å². The van der Waals surface area contributed by atoms with Crippen LogP contribution >= 0.6 is 11.3 Å². The largest absolute Gasteiger partial charge is 0.491 e. The highest BCUT2D eigenvalue weighted by atomic mass is 32.1. The number of amides is 2. The molecule has 1 unspecified atom stereocenters. The molecule has 3 rings (SSSR count). The number of fused-ring (bicyclic) bond motifs is 1. The van der Waals surface area contributed by atoms with E-state index in [0.717, 1.165) is 17.7 Å². The molecule has 0 fully saturated rings. The van der Waals surface area contributed by atoms with Crippen LogP contribution in [0.15, 0.2) is 35.7 Å². The van der Waals surface area contributed by atoms with E-state index in [0.29, 0.717) is 32.2 Å². The summed E-state index contributed by atoms with van der Waals surface area (Å²) >= 11 is 1.73. The number of benzene rings is 1. The summed E-state index contributed by atoms with van der Waals surface area (Å²) in [7, 11) is 1.60. The Morgan fingerprint density at radius 3 is 2.52 bits per heavy atom. The Hall–Kier alpha value is -2.38. The number of methoxy groups -OCH3 is 1. The predicted octanol–water partition coefficient (Wildman–Crippen LogP) is 4.51. The standard InChI is InChI=1S/C26H36N2O4S/c1-18(2)20-6-8-21(9-7-20)32-17-23-22-11-15-33-24(22)10-12-28(23)25(29)16-27(13-14-31-5)26(30)19(3)4/h6-9,11,15,18-19,23H,10,12-14,16-17H2,1-5H3. The normalized spacial score (nSPS) is 15.6. The summed E-state index contributed by atoms with van der Waals surface area (Å²) in [6, 6.07) is 10.1. The van der Waals surface area contributed by atoms with Crippen LogP contribution in [0.25, 0.3) is 0 Å². The van der Waals surface area contributed by atoms with E-state index < -0.39 is 0 Å². The van der Waals surface area contributed by atoms with E-state index in [9.17, 15) is 9.59 Å². The summed E-state index contributed by atoms with van der Waals surface area (Å²) in [6.45, 7) is 9.91. The first kappa shape index (κ1) is 25.2. The molecule has 6 nitrogen and oxygen atoms in total. The number of rotatable bonds is 10. The Kier molecular flexibility index (Phi) is 8.92. The summed E-state index contributed by atoms with van der Waals surface area (Å²) < 4.78 is 11.3. The van der Waals surface area contributed by atoms with Crippen molar-refractivity contribution >= 4 is 23.2 Å². The highest BCUT2D eigenvalue weighted by Gasteiger charge is 2.33. The van der Waals surface area contributed by atoms with Crippen LogP contribution in [0.5, 0.6) is 5.75 Å². The number of thiophene rings is 1. The molecule has 0 bridgehead atoms. The molecule has 0 spiro atoms. The lowest BCUT2D eigenvalue weighted by atomic mass is 10.00. The van der Waals surface area contributed by atoms with Crippen molar-refractivity contribution in [1.82, 2.24) is 9.80 Å². The molecule has 1 aliphatic heterocycles. The van der Waals surface area contributed by atoms with Crippen LogP contribution in [0.4, 0.5) is 0 Å². The van der Waals surface area contributed by atoms with Gasteiger partial charge in [0.1, 0.15) is 12.4 Å². The van der Waals surface area contributed by atoms with Gasteiger partial charge in [0.2, 0.25) is 11.8 Å². The van der Waals surface area contributed by atoms with Crippen LogP contribution in [0.1, 0.15) is 55.7 Å². The molecule has 0 saturated carbocycles. The average molecular weight is 473 g/mol. The number of hydrogen-bond donors (Lipinski definition) is 0. The molecular formula is C26H36N2O4S. The number of hydrogen-bond acceptors (Lipinski definition) is 5. The van der Waals surface area contributed by atoms with Crippen molar-refractivity contribution in [2.75, 3.05) is 40.0 Å². The lowest BCUT2D eigenvalue weighted by molar-refractivity contribution is -0.144. The molecule has 0 radical (unpaired) electrons. The third-order valence-electron chi connectivity index (χ3n) is 6.07. The van der Waals surface area contributed by atoms with Gasteiger partial charge in [-0.2, -0.15) is 0 Å². The zero-order valence-electron chi connectivity index (χ0n) is 20.4. The van der Waals surface area contributed by atoms with Gasteiger partial charge in [-0.25, -0.2) is 0 Å². The lowest BCUT2D eigenvalue weighted by Crippen LogP contribution is -2.49. The van der Waals surface area contributed by atoms with Crippen LogP contribution in [0, 0.1) is 5.92 Å². The van der Waals surface area contributed by atoms with E-state index in [1.54, 1.807) is 23.3 Å². The Balaban J connectivity index is 1.74. The highest BCUT2D eigenvalue weighted by Crippen LogP contribution is 2.34. The number of carbonyl (C=O) groups excluding carboxylic acids is 2. The Morgan fingerprint density at radius 1 is 1.15 bits per heavy atom. The maximum absolute atomic E-state index is 13.4. The maximum atomic E-state index is 13.4. The van der Waals surface area contributed by atoms with Gasteiger partial charge >= 0.3 is 0 Å². The van der Waals surface area contributed by atoms with E-state index >= 15 is 0 Å². The highest BCUT2D eigenvalue weighted by molar-refractivity contribution is 7.10. The van der Waals surface area contributed by atoms with Gasteiger partial charge in [-0.15, -0.1) is 11.3 Å². The average Bonchev–Trinajstić information content (AvgIpc) is 3.28. The lowest BCUT2D eigenvalue weighted by Gasteiger charge is -2.37. The van der Waals surface area contributed by atoms with Crippen LogP contribution in [0.3, 0.4) is 0 Å². The molecule has 2 heterocycles. The van der Waals surface area contributed by atoms with Crippen molar-refractivity contribution < 1.29 is 19.1 Å². The Labute approximate surface area is 201 Å². The van der Waals surface area contributed by atoms with E-state index in [1.807, 2.05) is 30.9 Å². The van der Waals surface area contributed by atoms with Gasteiger partial charge in [-0.05, 0) is 47.0 Å². The number of ether oxygens (including phenoxy) is 2. The second kappa shape index (κ2) is 11.7. The van der Waals surface area contributed by atoms with Crippen molar-refractivity contribution in [3.8, 4) is 5.75 Å².